The molecule has 1 unspecified atom stereocenters. The fourth-order valence-corrected chi connectivity index (χ4v) is 2.92. The molecule has 3 nitrogen and oxygen atoms in total. The van der Waals surface area contributed by atoms with Gasteiger partial charge >= 0.3 is 0 Å². The monoisotopic (exact) mass is 283 g/mol. The van der Waals surface area contributed by atoms with Crippen molar-refractivity contribution >= 4 is 27.0 Å². The molecular formula is C11H11BrFN3. The zero-order valence-corrected chi connectivity index (χ0v) is 10.2. The molecule has 1 N–H and O–H groups in total. The minimum atomic E-state index is -0.261. The standard InChI is InChI=1S/C11H11BrFN3/c12-11-15-10-8(13)2-1-3-9(10)16(11)7-4-5-14-6-7/h1-3,7,14H,4-6H2. The second-order valence-electron chi connectivity index (χ2n) is 4.01. The summed E-state index contributed by atoms with van der Waals surface area (Å²) in [5.41, 5.74) is 1.31. The number of para-hydroxylation sites is 1. The van der Waals surface area contributed by atoms with Crippen molar-refractivity contribution in [3.63, 3.8) is 0 Å². The van der Waals surface area contributed by atoms with Crippen molar-refractivity contribution in [1.29, 1.82) is 0 Å². The average Bonchev–Trinajstić information content (AvgIpc) is 2.85. The van der Waals surface area contributed by atoms with Crippen LogP contribution in [0.2, 0.25) is 0 Å². The van der Waals surface area contributed by atoms with Gasteiger partial charge in [0.1, 0.15) is 5.52 Å². The largest absolute Gasteiger partial charge is 0.315 e. The van der Waals surface area contributed by atoms with E-state index in [0.717, 1.165) is 25.0 Å². The van der Waals surface area contributed by atoms with Crippen molar-refractivity contribution in [1.82, 2.24) is 14.9 Å². The molecule has 0 radical (unpaired) electrons. The lowest BCUT2D eigenvalue weighted by Gasteiger charge is -2.12. The number of aromatic nitrogens is 2. The molecule has 16 heavy (non-hydrogen) atoms. The lowest BCUT2D eigenvalue weighted by atomic mass is 10.2. The molecule has 0 aliphatic carbocycles. The minimum Gasteiger partial charge on any atom is -0.315 e. The maximum atomic E-state index is 13.6. The number of fused-ring (bicyclic) bond motifs is 1. The van der Waals surface area contributed by atoms with Gasteiger partial charge < -0.3 is 9.88 Å². The van der Waals surface area contributed by atoms with Crippen LogP contribution >= 0.6 is 15.9 Å². The van der Waals surface area contributed by atoms with E-state index in [9.17, 15) is 4.39 Å². The van der Waals surface area contributed by atoms with Crippen LogP contribution in [0.1, 0.15) is 12.5 Å². The van der Waals surface area contributed by atoms with E-state index in [2.05, 4.69) is 30.8 Å². The summed E-state index contributed by atoms with van der Waals surface area (Å²) in [7, 11) is 0. The molecule has 0 spiro atoms. The Labute approximate surface area is 101 Å². The van der Waals surface area contributed by atoms with Crippen LogP contribution in [0.25, 0.3) is 11.0 Å². The second kappa shape index (κ2) is 3.82. The third kappa shape index (κ3) is 1.46. The van der Waals surface area contributed by atoms with Crippen LogP contribution in [0.4, 0.5) is 4.39 Å². The van der Waals surface area contributed by atoms with Crippen molar-refractivity contribution in [2.24, 2.45) is 0 Å². The Morgan fingerprint density at radius 1 is 1.50 bits per heavy atom. The van der Waals surface area contributed by atoms with Crippen LogP contribution in [-0.4, -0.2) is 22.6 Å². The zero-order chi connectivity index (χ0) is 11.1. The van der Waals surface area contributed by atoms with Gasteiger partial charge in [0.25, 0.3) is 0 Å². The fraction of sp³-hybridized carbons (Fsp3) is 0.364. The molecular weight excluding hydrogens is 273 g/mol. The normalized spacial score (nSPS) is 20.8. The Bertz CT molecular complexity index is 531. The zero-order valence-electron chi connectivity index (χ0n) is 8.58. The summed E-state index contributed by atoms with van der Waals surface area (Å²) in [6.07, 6.45) is 1.06. The van der Waals surface area contributed by atoms with E-state index in [1.165, 1.54) is 6.07 Å². The maximum absolute atomic E-state index is 13.6. The molecule has 1 aliphatic rings. The van der Waals surface area contributed by atoms with Crippen molar-refractivity contribution < 1.29 is 4.39 Å². The third-order valence-electron chi connectivity index (χ3n) is 3.03. The van der Waals surface area contributed by atoms with Gasteiger partial charge in [-0.1, -0.05) is 6.07 Å². The number of benzene rings is 1. The lowest BCUT2D eigenvalue weighted by molar-refractivity contribution is 0.551. The fourth-order valence-electron chi connectivity index (χ4n) is 2.26. The Morgan fingerprint density at radius 3 is 3.12 bits per heavy atom. The highest BCUT2D eigenvalue weighted by Crippen LogP contribution is 2.28. The average molecular weight is 284 g/mol. The second-order valence-corrected chi connectivity index (χ2v) is 4.71. The number of hydrogen-bond donors (Lipinski definition) is 1. The van der Waals surface area contributed by atoms with Gasteiger partial charge in [0.15, 0.2) is 10.6 Å². The summed E-state index contributed by atoms with van der Waals surface area (Å²) in [5.74, 6) is -0.261. The topological polar surface area (TPSA) is 29.9 Å². The first-order valence-electron chi connectivity index (χ1n) is 5.30. The Kier molecular flexibility index (Phi) is 2.44. The predicted molar refractivity (Wildman–Crippen MR) is 63.9 cm³/mol. The van der Waals surface area contributed by atoms with Crippen molar-refractivity contribution in [3.05, 3.63) is 28.7 Å². The molecule has 2 aromatic rings. The molecule has 0 saturated carbocycles. The highest BCUT2D eigenvalue weighted by Gasteiger charge is 2.22. The number of nitrogens with zero attached hydrogens (tertiary/aromatic N) is 2. The Morgan fingerprint density at radius 2 is 2.38 bits per heavy atom. The number of imidazole rings is 1. The minimum absolute atomic E-state index is 0.261. The molecule has 84 valence electrons. The van der Waals surface area contributed by atoms with Crippen LogP contribution in [0.15, 0.2) is 22.9 Å². The summed E-state index contributed by atoms with van der Waals surface area (Å²) in [4.78, 5) is 4.23. The van der Waals surface area contributed by atoms with E-state index in [1.807, 2.05) is 6.07 Å². The first kappa shape index (κ1) is 10.2. The van der Waals surface area contributed by atoms with Crippen molar-refractivity contribution in [2.75, 3.05) is 13.1 Å². The predicted octanol–water partition coefficient (Wildman–Crippen LogP) is 2.47. The van der Waals surface area contributed by atoms with Crippen LogP contribution < -0.4 is 5.32 Å². The smallest absolute Gasteiger partial charge is 0.178 e. The van der Waals surface area contributed by atoms with Gasteiger partial charge in [-0.15, -0.1) is 0 Å². The molecule has 1 fully saturated rings. The molecule has 0 amide bonds. The van der Waals surface area contributed by atoms with Gasteiger partial charge in [0.2, 0.25) is 0 Å². The van der Waals surface area contributed by atoms with Gasteiger partial charge in [-0.05, 0) is 41.0 Å². The molecule has 1 aromatic heterocycles. The van der Waals surface area contributed by atoms with Crippen LogP contribution in [0, 0.1) is 5.82 Å². The molecule has 1 aliphatic heterocycles. The number of hydrogen-bond acceptors (Lipinski definition) is 2. The van der Waals surface area contributed by atoms with E-state index < -0.39 is 0 Å². The molecule has 2 heterocycles. The summed E-state index contributed by atoms with van der Waals surface area (Å²) in [6, 6.07) is 5.44. The van der Waals surface area contributed by atoms with Gasteiger partial charge in [-0.2, -0.15) is 0 Å². The maximum Gasteiger partial charge on any atom is 0.178 e. The quantitative estimate of drug-likeness (QED) is 0.872. The molecule has 0 bridgehead atoms. The van der Waals surface area contributed by atoms with Gasteiger partial charge in [0, 0.05) is 12.6 Å². The SMILES string of the molecule is Fc1cccc2c1nc(Br)n2C1CCNC1. The molecule has 5 heteroatoms. The van der Waals surface area contributed by atoms with Crippen molar-refractivity contribution in [2.45, 2.75) is 12.5 Å². The van der Waals surface area contributed by atoms with Crippen molar-refractivity contribution in [3.8, 4) is 0 Å². The first-order chi connectivity index (χ1) is 7.77. The van der Waals surface area contributed by atoms with E-state index in [0.29, 0.717) is 16.3 Å². The third-order valence-corrected chi connectivity index (χ3v) is 3.59. The number of rotatable bonds is 1. The van der Waals surface area contributed by atoms with Crippen LogP contribution in [-0.2, 0) is 0 Å². The first-order valence-corrected chi connectivity index (χ1v) is 6.09. The van der Waals surface area contributed by atoms with Gasteiger partial charge in [-0.25, -0.2) is 9.37 Å². The summed E-state index contributed by atoms with van der Waals surface area (Å²) >= 11 is 3.41. The molecule has 1 saturated heterocycles. The summed E-state index contributed by atoms with van der Waals surface area (Å²) in [6.45, 7) is 1.92. The molecule has 3 rings (SSSR count). The molecule has 1 atom stereocenters. The highest BCUT2D eigenvalue weighted by molar-refractivity contribution is 9.10. The van der Waals surface area contributed by atoms with Gasteiger partial charge in [0.05, 0.1) is 5.52 Å². The van der Waals surface area contributed by atoms with Crippen LogP contribution in [0.5, 0.6) is 0 Å². The summed E-state index contributed by atoms with van der Waals surface area (Å²) in [5, 5.41) is 3.30. The van der Waals surface area contributed by atoms with Crippen LogP contribution in [0.3, 0.4) is 0 Å². The Balaban J connectivity index is 2.22. The number of nitrogens with one attached hydrogen (secondary N) is 1. The van der Waals surface area contributed by atoms with E-state index in [-0.39, 0.29) is 5.82 Å². The lowest BCUT2D eigenvalue weighted by Crippen LogP contribution is -2.13. The Hall–Kier alpha value is -0.940. The van der Waals surface area contributed by atoms with E-state index in [4.69, 9.17) is 0 Å². The highest BCUT2D eigenvalue weighted by atomic mass is 79.9. The summed E-state index contributed by atoms with van der Waals surface area (Å²) < 4.78 is 16.3. The molecule has 1 aromatic carbocycles. The number of halogens is 2. The van der Waals surface area contributed by atoms with Gasteiger partial charge in [-0.3, -0.25) is 0 Å². The van der Waals surface area contributed by atoms with E-state index >= 15 is 0 Å². The van der Waals surface area contributed by atoms with E-state index in [1.54, 1.807) is 6.07 Å².